The minimum atomic E-state index is -0.886. The quantitative estimate of drug-likeness (QED) is 0.396. The van der Waals surface area contributed by atoms with Crippen molar-refractivity contribution in [2.75, 3.05) is 40.5 Å². The van der Waals surface area contributed by atoms with Gasteiger partial charge in [0.1, 0.15) is 35.6 Å². The Morgan fingerprint density at radius 2 is 2.03 bits per heavy atom. The highest BCUT2D eigenvalue weighted by Gasteiger charge is 2.36. The van der Waals surface area contributed by atoms with Crippen LogP contribution in [0.15, 0.2) is 24.5 Å². The van der Waals surface area contributed by atoms with Crippen LogP contribution in [-0.4, -0.2) is 89.4 Å². The zero-order chi connectivity index (χ0) is 26.1. The van der Waals surface area contributed by atoms with Crippen LogP contribution in [0.2, 0.25) is 0 Å². The largest absolute Gasteiger partial charge is 0.497 e. The second-order valence-corrected chi connectivity index (χ2v) is 9.57. The molecular weight excluding hydrogens is 478 g/mol. The molecule has 0 unspecified atom stereocenters. The SMILES string of the molecule is COCC(=O)N1C[C@H](O)[C@H](NC(=O)c2c(C)[nH]c3c(-c4cc(OC)ccc4OCC4CC4)ncnc23)C1. The van der Waals surface area contributed by atoms with Crippen molar-refractivity contribution < 1.29 is 28.9 Å². The molecule has 2 aromatic heterocycles. The fourth-order valence-corrected chi connectivity index (χ4v) is 4.63. The molecule has 2 fully saturated rings. The molecule has 3 aromatic rings. The average Bonchev–Trinajstić information content (AvgIpc) is 3.56. The lowest BCUT2D eigenvalue weighted by atomic mass is 10.1. The average molecular weight is 510 g/mol. The number of H-pyrrole nitrogens is 1. The van der Waals surface area contributed by atoms with Gasteiger partial charge in [-0.15, -0.1) is 0 Å². The maximum atomic E-state index is 13.4. The van der Waals surface area contributed by atoms with Gasteiger partial charge in [-0.1, -0.05) is 0 Å². The summed E-state index contributed by atoms with van der Waals surface area (Å²) in [4.78, 5) is 39.2. The second kappa shape index (κ2) is 10.3. The van der Waals surface area contributed by atoms with Gasteiger partial charge in [-0.05, 0) is 43.9 Å². The number of aromatic nitrogens is 3. The molecule has 2 amide bonds. The first-order chi connectivity index (χ1) is 17.9. The summed E-state index contributed by atoms with van der Waals surface area (Å²) in [6.45, 7) is 2.67. The minimum Gasteiger partial charge on any atom is -0.497 e. The summed E-state index contributed by atoms with van der Waals surface area (Å²) in [5, 5.41) is 13.3. The Bertz CT molecular complexity index is 1320. The fourth-order valence-electron chi connectivity index (χ4n) is 4.63. The van der Waals surface area contributed by atoms with E-state index in [0.717, 1.165) is 5.56 Å². The summed E-state index contributed by atoms with van der Waals surface area (Å²) in [7, 11) is 3.04. The van der Waals surface area contributed by atoms with Crippen LogP contribution in [-0.2, 0) is 9.53 Å². The summed E-state index contributed by atoms with van der Waals surface area (Å²) in [6.07, 6.45) is 2.88. The van der Waals surface area contributed by atoms with Gasteiger partial charge in [0.2, 0.25) is 5.91 Å². The maximum Gasteiger partial charge on any atom is 0.255 e. The number of benzene rings is 1. The van der Waals surface area contributed by atoms with Crippen molar-refractivity contribution in [2.45, 2.75) is 31.9 Å². The van der Waals surface area contributed by atoms with Crippen molar-refractivity contribution in [3.8, 4) is 22.8 Å². The first kappa shape index (κ1) is 25.0. The van der Waals surface area contributed by atoms with E-state index in [2.05, 4.69) is 20.3 Å². The first-order valence-electron chi connectivity index (χ1n) is 12.3. The van der Waals surface area contributed by atoms with Crippen LogP contribution in [0, 0.1) is 12.8 Å². The molecule has 37 heavy (non-hydrogen) atoms. The lowest BCUT2D eigenvalue weighted by molar-refractivity contribution is -0.134. The van der Waals surface area contributed by atoms with Crippen molar-refractivity contribution in [1.82, 2.24) is 25.2 Å². The number of nitrogens with zero attached hydrogens (tertiary/aromatic N) is 3. The van der Waals surface area contributed by atoms with Gasteiger partial charge >= 0.3 is 0 Å². The number of aromatic amines is 1. The molecule has 1 aliphatic carbocycles. The first-order valence-corrected chi connectivity index (χ1v) is 12.3. The van der Waals surface area contributed by atoms with Gasteiger partial charge in [0, 0.05) is 31.5 Å². The van der Waals surface area contributed by atoms with E-state index >= 15 is 0 Å². The van der Waals surface area contributed by atoms with Crippen molar-refractivity contribution in [3.63, 3.8) is 0 Å². The van der Waals surface area contributed by atoms with Crippen molar-refractivity contribution in [3.05, 3.63) is 35.8 Å². The van der Waals surface area contributed by atoms with E-state index in [1.54, 1.807) is 14.0 Å². The number of nitrogens with one attached hydrogen (secondary N) is 2. The maximum absolute atomic E-state index is 13.4. The van der Waals surface area contributed by atoms with Crippen LogP contribution in [0.4, 0.5) is 0 Å². The van der Waals surface area contributed by atoms with Crippen LogP contribution in [0.25, 0.3) is 22.3 Å². The summed E-state index contributed by atoms with van der Waals surface area (Å²) < 4.78 is 16.5. The number of likely N-dealkylation sites (tertiary alicyclic amines) is 1. The molecule has 11 nitrogen and oxygen atoms in total. The molecule has 1 aliphatic heterocycles. The van der Waals surface area contributed by atoms with Crippen LogP contribution < -0.4 is 14.8 Å². The molecule has 0 radical (unpaired) electrons. The number of aryl methyl sites for hydroxylation is 1. The van der Waals surface area contributed by atoms with Crippen molar-refractivity contribution in [1.29, 1.82) is 0 Å². The predicted molar refractivity (Wildman–Crippen MR) is 135 cm³/mol. The van der Waals surface area contributed by atoms with E-state index < -0.39 is 18.1 Å². The van der Waals surface area contributed by atoms with E-state index in [9.17, 15) is 14.7 Å². The zero-order valence-electron chi connectivity index (χ0n) is 21.1. The molecule has 1 aromatic carbocycles. The standard InChI is InChI=1S/C26H31N5O6/c1-14-22(26(34)30-18-9-31(10-19(18)32)21(33)12-35-2)24-25(29-14)23(27-13-28-24)17-8-16(36-3)6-7-20(17)37-11-15-4-5-15/h6-8,13,15,18-19,29,32H,4-5,9-12H2,1-3H3,(H,30,34)/t18-,19+/m1/s1. The monoisotopic (exact) mass is 509 g/mol. The van der Waals surface area contributed by atoms with Gasteiger partial charge in [0.05, 0.1) is 36.9 Å². The van der Waals surface area contributed by atoms with E-state index in [0.29, 0.717) is 52.0 Å². The lowest BCUT2D eigenvalue weighted by Gasteiger charge is -2.16. The number of aliphatic hydroxyl groups excluding tert-OH is 1. The molecule has 11 heteroatoms. The van der Waals surface area contributed by atoms with Crippen LogP contribution in [0.1, 0.15) is 28.9 Å². The van der Waals surface area contributed by atoms with Crippen LogP contribution in [0.3, 0.4) is 0 Å². The van der Waals surface area contributed by atoms with Gasteiger partial charge in [-0.2, -0.15) is 0 Å². The second-order valence-electron chi connectivity index (χ2n) is 9.57. The number of carbonyl (C=O) groups excluding carboxylic acids is 2. The topological polar surface area (TPSA) is 139 Å². The molecule has 2 atom stereocenters. The van der Waals surface area contributed by atoms with E-state index in [1.165, 1.54) is 31.2 Å². The van der Waals surface area contributed by atoms with Gasteiger partial charge in [0.25, 0.3) is 5.91 Å². The number of hydrogen-bond acceptors (Lipinski definition) is 8. The van der Waals surface area contributed by atoms with Gasteiger partial charge in [-0.25, -0.2) is 9.97 Å². The van der Waals surface area contributed by atoms with Gasteiger partial charge in [0.15, 0.2) is 0 Å². The number of rotatable bonds is 9. The third kappa shape index (κ3) is 5.09. The Hall–Kier alpha value is -3.70. The molecule has 1 saturated carbocycles. The number of ether oxygens (including phenoxy) is 3. The molecule has 3 heterocycles. The highest BCUT2D eigenvalue weighted by atomic mass is 16.5. The van der Waals surface area contributed by atoms with Crippen molar-refractivity contribution in [2.24, 2.45) is 5.92 Å². The number of methoxy groups -OCH3 is 2. The van der Waals surface area contributed by atoms with Gasteiger partial charge < -0.3 is 34.5 Å². The molecule has 0 spiro atoms. The highest BCUT2D eigenvalue weighted by Crippen LogP contribution is 2.38. The Morgan fingerprint density at radius 3 is 2.76 bits per heavy atom. The molecule has 5 rings (SSSR count). The Labute approximate surface area is 214 Å². The number of aliphatic hydroxyl groups is 1. The number of hydrogen-bond donors (Lipinski definition) is 3. The molecule has 0 bridgehead atoms. The summed E-state index contributed by atoms with van der Waals surface area (Å²) in [5.74, 6) is 1.28. The lowest BCUT2D eigenvalue weighted by Crippen LogP contribution is -2.43. The Kier molecular flexibility index (Phi) is 6.98. The summed E-state index contributed by atoms with van der Waals surface area (Å²) in [5.41, 5.74) is 3.34. The normalized spacial score (nSPS) is 19.3. The van der Waals surface area contributed by atoms with Crippen LogP contribution in [0.5, 0.6) is 11.5 Å². The highest BCUT2D eigenvalue weighted by molar-refractivity contribution is 6.09. The minimum absolute atomic E-state index is 0.0781. The van der Waals surface area contributed by atoms with E-state index in [4.69, 9.17) is 14.2 Å². The Morgan fingerprint density at radius 1 is 1.22 bits per heavy atom. The van der Waals surface area contributed by atoms with E-state index in [-0.39, 0.29) is 25.6 Å². The third-order valence-electron chi connectivity index (χ3n) is 6.84. The molecule has 3 N–H and O–H groups in total. The van der Waals surface area contributed by atoms with Gasteiger partial charge in [-0.3, -0.25) is 9.59 Å². The Balaban J connectivity index is 1.44. The molecule has 1 saturated heterocycles. The fraction of sp³-hybridized carbons (Fsp3) is 0.462. The summed E-state index contributed by atoms with van der Waals surface area (Å²) in [6, 6.07) is 4.96. The number of carbonyl (C=O) groups is 2. The summed E-state index contributed by atoms with van der Waals surface area (Å²) >= 11 is 0. The number of fused-ring (bicyclic) bond motifs is 1. The smallest absolute Gasteiger partial charge is 0.255 e. The van der Waals surface area contributed by atoms with Crippen LogP contribution >= 0.6 is 0 Å². The number of amides is 2. The van der Waals surface area contributed by atoms with Crippen molar-refractivity contribution >= 4 is 22.8 Å². The zero-order valence-corrected chi connectivity index (χ0v) is 21.1. The number of β-amino-alcohol motifs (C(OH)–C–C–N with tert-alkyl or cyclic N) is 1. The molecular formula is C26H31N5O6. The predicted octanol–water partition coefficient (Wildman–Crippen LogP) is 1.68. The third-order valence-corrected chi connectivity index (χ3v) is 6.84. The van der Waals surface area contributed by atoms with E-state index in [1.807, 2.05) is 18.2 Å². The molecule has 196 valence electrons. The molecule has 2 aliphatic rings.